The molecule has 0 spiro atoms. The number of nitrogens with zero attached hydrogens (tertiary/aromatic N) is 1. The van der Waals surface area contributed by atoms with E-state index in [2.05, 4.69) is 166 Å². The molecule has 1 heteroatoms. The van der Waals surface area contributed by atoms with E-state index in [1.165, 1.54) is 92.7 Å². The largest absolute Gasteiger partial charge is 0.310 e. The fraction of sp³-hybridized carbons (Fsp3) is 0.217. The summed E-state index contributed by atoms with van der Waals surface area (Å²) in [6, 6.07) is 49.9. The van der Waals surface area contributed by atoms with Gasteiger partial charge in [0, 0.05) is 22.4 Å². The van der Waals surface area contributed by atoms with Gasteiger partial charge in [-0.25, -0.2) is 0 Å². The zero-order chi connectivity index (χ0) is 32.1. The summed E-state index contributed by atoms with van der Waals surface area (Å²) in [4.78, 5) is 2.49. The molecule has 232 valence electrons. The minimum Gasteiger partial charge on any atom is -0.310 e. The van der Waals surface area contributed by atoms with E-state index in [9.17, 15) is 0 Å². The van der Waals surface area contributed by atoms with E-state index in [0.29, 0.717) is 5.92 Å². The van der Waals surface area contributed by atoms with E-state index < -0.39 is 0 Å². The van der Waals surface area contributed by atoms with Crippen LogP contribution in [0.15, 0.2) is 133 Å². The molecule has 0 aromatic heterocycles. The molecule has 0 saturated carbocycles. The maximum Gasteiger partial charge on any atom is 0.0543 e. The minimum atomic E-state index is -0.102. The first-order valence-corrected chi connectivity index (χ1v) is 17.4. The van der Waals surface area contributed by atoms with Gasteiger partial charge in [0.05, 0.1) is 5.69 Å². The number of benzene rings is 6. The fourth-order valence-electron chi connectivity index (χ4n) is 8.09. The maximum atomic E-state index is 2.56. The standard InChI is InChI=1S/C46H43N/c1-31(2)39-27-34-17-11-12-18-35(34)28-40(39)42-29-41-38-21-13-14-22-43(38)46(3,4)44(41)30-45(42)47(36-19-9-6-10-20-36)37-25-23-33(24-26-37)32-15-7-5-8-16-32/h5-10,13-16,19-31H,11-12,17-18H2,1-4H3. The third-order valence-corrected chi connectivity index (χ3v) is 10.6. The molecule has 2 aliphatic carbocycles. The number of para-hydroxylation sites is 1. The first kappa shape index (κ1) is 29.5. The van der Waals surface area contributed by atoms with Crippen LogP contribution in [0.5, 0.6) is 0 Å². The molecule has 0 heterocycles. The third kappa shape index (κ3) is 5.10. The highest BCUT2D eigenvalue weighted by atomic mass is 15.1. The van der Waals surface area contributed by atoms with Crippen LogP contribution in [0.1, 0.15) is 74.3 Å². The van der Waals surface area contributed by atoms with Crippen LogP contribution < -0.4 is 4.90 Å². The van der Waals surface area contributed by atoms with Crippen molar-refractivity contribution in [1.29, 1.82) is 0 Å². The number of anilines is 3. The van der Waals surface area contributed by atoms with Crippen molar-refractivity contribution in [3.63, 3.8) is 0 Å². The third-order valence-electron chi connectivity index (χ3n) is 10.6. The lowest BCUT2D eigenvalue weighted by Gasteiger charge is -2.32. The molecule has 0 fully saturated rings. The lowest BCUT2D eigenvalue weighted by molar-refractivity contribution is 0.660. The SMILES string of the molecule is CC(C)c1cc2c(cc1-c1cc3c(cc1N(c1ccccc1)c1ccc(-c4ccccc4)cc1)C(C)(C)c1ccccc1-3)CCCC2. The van der Waals surface area contributed by atoms with Gasteiger partial charge in [0.25, 0.3) is 0 Å². The average molecular weight is 610 g/mol. The van der Waals surface area contributed by atoms with Crippen LogP contribution >= 0.6 is 0 Å². The Hall–Kier alpha value is -4.88. The molecule has 0 unspecified atom stereocenters. The summed E-state index contributed by atoms with van der Waals surface area (Å²) in [6.45, 7) is 9.50. The molecule has 2 aliphatic rings. The monoisotopic (exact) mass is 609 g/mol. The van der Waals surface area contributed by atoms with Gasteiger partial charge in [-0.2, -0.15) is 0 Å². The second-order valence-corrected chi connectivity index (χ2v) is 14.2. The first-order chi connectivity index (χ1) is 22.9. The zero-order valence-corrected chi connectivity index (χ0v) is 28.1. The molecule has 0 bridgehead atoms. The Kier molecular flexibility index (Phi) is 7.37. The molecule has 0 saturated heterocycles. The Morgan fingerprint density at radius 1 is 0.511 bits per heavy atom. The summed E-state index contributed by atoms with van der Waals surface area (Å²) < 4.78 is 0. The minimum absolute atomic E-state index is 0.102. The lowest BCUT2D eigenvalue weighted by atomic mass is 9.80. The van der Waals surface area contributed by atoms with Crippen LogP contribution in [-0.2, 0) is 18.3 Å². The molecule has 0 N–H and O–H groups in total. The topological polar surface area (TPSA) is 3.24 Å². The normalized spacial score (nSPS) is 14.4. The Labute approximate surface area is 280 Å². The first-order valence-electron chi connectivity index (χ1n) is 17.4. The number of hydrogen-bond acceptors (Lipinski definition) is 1. The van der Waals surface area contributed by atoms with Gasteiger partial charge in [0.1, 0.15) is 0 Å². The molecule has 6 aromatic carbocycles. The highest BCUT2D eigenvalue weighted by molar-refractivity contribution is 5.95. The van der Waals surface area contributed by atoms with Gasteiger partial charge < -0.3 is 4.90 Å². The van der Waals surface area contributed by atoms with Crippen molar-refractivity contribution in [3.05, 3.63) is 161 Å². The number of rotatable bonds is 6. The van der Waals surface area contributed by atoms with E-state index in [4.69, 9.17) is 0 Å². The van der Waals surface area contributed by atoms with E-state index in [0.717, 1.165) is 5.69 Å². The van der Waals surface area contributed by atoms with Gasteiger partial charge in [0.15, 0.2) is 0 Å². The summed E-state index contributed by atoms with van der Waals surface area (Å²) in [5.41, 5.74) is 18.7. The quantitative estimate of drug-likeness (QED) is 0.182. The molecular formula is C46H43N. The van der Waals surface area contributed by atoms with Gasteiger partial charge in [-0.3, -0.25) is 0 Å². The van der Waals surface area contributed by atoms with Crippen LogP contribution in [0.2, 0.25) is 0 Å². The Morgan fingerprint density at radius 2 is 1.11 bits per heavy atom. The van der Waals surface area contributed by atoms with Crippen LogP contribution in [0.25, 0.3) is 33.4 Å². The Balaban J connectivity index is 1.41. The molecular weight excluding hydrogens is 567 g/mol. The summed E-state index contributed by atoms with van der Waals surface area (Å²) in [6.07, 6.45) is 4.93. The smallest absolute Gasteiger partial charge is 0.0543 e. The van der Waals surface area contributed by atoms with Crippen molar-refractivity contribution in [3.8, 4) is 33.4 Å². The van der Waals surface area contributed by atoms with Crippen molar-refractivity contribution < 1.29 is 0 Å². The van der Waals surface area contributed by atoms with E-state index in [1.54, 1.807) is 5.56 Å². The van der Waals surface area contributed by atoms with E-state index in [1.807, 2.05) is 0 Å². The molecule has 0 amide bonds. The number of aryl methyl sites for hydroxylation is 2. The van der Waals surface area contributed by atoms with Gasteiger partial charge in [-0.05, 0) is 124 Å². The van der Waals surface area contributed by atoms with Crippen molar-refractivity contribution in [1.82, 2.24) is 0 Å². The predicted molar refractivity (Wildman–Crippen MR) is 200 cm³/mol. The van der Waals surface area contributed by atoms with Gasteiger partial charge in [0.2, 0.25) is 0 Å². The van der Waals surface area contributed by atoms with Crippen LogP contribution in [0, 0.1) is 0 Å². The van der Waals surface area contributed by atoms with Gasteiger partial charge >= 0.3 is 0 Å². The van der Waals surface area contributed by atoms with Crippen molar-refractivity contribution in [2.45, 2.75) is 64.7 Å². The predicted octanol–water partition coefficient (Wildman–Crippen LogP) is 12.8. The number of hydrogen-bond donors (Lipinski definition) is 0. The summed E-state index contributed by atoms with van der Waals surface area (Å²) in [5, 5.41) is 0. The van der Waals surface area contributed by atoms with Gasteiger partial charge in [-0.1, -0.05) is 125 Å². The van der Waals surface area contributed by atoms with E-state index in [-0.39, 0.29) is 5.41 Å². The van der Waals surface area contributed by atoms with Crippen LogP contribution in [0.4, 0.5) is 17.1 Å². The van der Waals surface area contributed by atoms with Crippen LogP contribution in [0.3, 0.4) is 0 Å². The highest BCUT2D eigenvalue weighted by Crippen LogP contribution is 2.54. The van der Waals surface area contributed by atoms with Crippen molar-refractivity contribution >= 4 is 17.1 Å². The molecule has 8 rings (SSSR count). The van der Waals surface area contributed by atoms with E-state index >= 15 is 0 Å². The molecule has 0 atom stereocenters. The van der Waals surface area contributed by atoms with Crippen LogP contribution in [-0.4, -0.2) is 0 Å². The second kappa shape index (κ2) is 11.7. The zero-order valence-electron chi connectivity index (χ0n) is 28.1. The number of fused-ring (bicyclic) bond motifs is 4. The lowest BCUT2D eigenvalue weighted by Crippen LogP contribution is -2.17. The Bertz CT molecular complexity index is 2070. The fourth-order valence-corrected chi connectivity index (χ4v) is 8.09. The average Bonchev–Trinajstić information content (AvgIpc) is 3.34. The summed E-state index contributed by atoms with van der Waals surface area (Å²) >= 11 is 0. The molecule has 6 aromatic rings. The molecule has 47 heavy (non-hydrogen) atoms. The maximum absolute atomic E-state index is 2.56. The Morgan fingerprint density at radius 3 is 1.81 bits per heavy atom. The molecule has 0 aliphatic heterocycles. The summed E-state index contributed by atoms with van der Waals surface area (Å²) in [7, 11) is 0. The van der Waals surface area contributed by atoms with Gasteiger partial charge in [-0.15, -0.1) is 0 Å². The molecule has 0 radical (unpaired) electrons. The van der Waals surface area contributed by atoms with Crippen molar-refractivity contribution in [2.75, 3.05) is 4.90 Å². The summed E-state index contributed by atoms with van der Waals surface area (Å²) in [5.74, 6) is 0.414. The second-order valence-electron chi connectivity index (χ2n) is 14.2. The van der Waals surface area contributed by atoms with Crippen molar-refractivity contribution in [2.24, 2.45) is 0 Å². The highest BCUT2D eigenvalue weighted by Gasteiger charge is 2.37. The molecule has 1 nitrogen and oxygen atoms in total.